The van der Waals surface area contributed by atoms with Gasteiger partial charge < -0.3 is 10.5 Å². The van der Waals surface area contributed by atoms with Crippen molar-refractivity contribution in [2.24, 2.45) is 11.7 Å². The number of benzene rings is 1. The molecule has 2 nitrogen and oxygen atoms in total. The minimum absolute atomic E-state index is 0.534. The molecular weight excluding hydrogens is 246 g/mol. The van der Waals surface area contributed by atoms with Crippen molar-refractivity contribution in [2.45, 2.75) is 57.8 Å². The lowest BCUT2D eigenvalue weighted by molar-refractivity contribution is 0.336. The summed E-state index contributed by atoms with van der Waals surface area (Å²) in [6, 6.07) is 6.73. The van der Waals surface area contributed by atoms with Crippen LogP contribution in [0.1, 0.15) is 68.9 Å². The molecule has 0 aliphatic heterocycles. The summed E-state index contributed by atoms with van der Waals surface area (Å²) in [5.41, 5.74) is 8.52. The van der Waals surface area contributed by atoms with Gasteiger partial charge in [0.1, 0.15) is 5.75 Å². The number of methoxy groups -OCH3 is 1. The highest BCUT2D eigenvalue weighted by atomic mass is 16.5. The van der Waals surface area contributed by atoms with E-state index in [1.165, 1.54) is 36.8 Å². The highest BCUT2D eigenvalue weighted by molar-refractivity contribution is 5.41. The Kier molecular flexibility index (Phi) is 5.47. The average molecular weight is 275 g/mol. The molecule has 0 spiro atoms. The summed E-state index contributed by atoms with van der Waals surface area (Å²) in [6.45, 7) is 5.39. The van der Waals surface area contributed by atoms with E-state index in [2.05, 4.69) is 32.0 Å². The maximum absolute atomic E-state index is 5.69. The maximum Gasteiger partial charge on any atom is 0.122 e. The molecule has 0 amide bonds. The van der Waals surface area contributed by atoms with Crippen LogP contribution < -0.4 is 10.5 Å². The summed E-state index contributed by atoms with van der Waals surface area (Å²) in [5.74, 6) is 3.16. The lowest BCUT2D eigenvalue weighted by Crippen LogP contribution is -2.12. The first-order valence-corrected chi connectivity index (χ1v) is 8.03. The third kappa shape index (κ3) is 3.54. The molecule has 2 heteroatoms. The van der Waals surface area contributed by atoms with Crippen LogP contribution >= 0.6 is 0 Å². The van der Waals surface area contributed by atoms with Gasteiger partial charge in [-0.15, -0.1) is 0 Å². The first-order chi connectivity index (χ1) is 9.65. The second-order valence-corrected chi connectivity index (χ2v) is 6.44. The summed E-state index contributed by atoms with van der Waals surface area (Å²) in [7, 11) is 1.78. The van der Waals surface area contributed by atoms with Gasteiger partial charge in [0.25, 0.3) is 0 Å². The molecule has 112 valence electrons. The number of rotatable bonds is 5. The lowest BCUT2D eigenvalue weighted by atomic mass is 9.78. The average Bonchev–Trinajstić information content (AvgIpc) is 2.47. The van der Waals surface area contributed by atoms with E-state index < -0.39 is 0 Å². The summed E-state index contributed by atoms with van der Waals surface area (Å²) < 4.78 is 5.60. The van der Waals surface area contributed by atoms with Crippen LogP contribution in [-0.2, 0) is 0 Å². The van der Waals surface area contributed by atoms with E-state index in [9.17, 15) is 0 Å². The zero-order valence-electron chi connectivity index (χ0n) is 13.2. The molecule has 0 heterocycles. The largest absolute Gasteiger partial charge is 0.496 e. The Morgan fingerprint density at radius 1 is 1.25 bits per heavy atom. The van der Waals surface area contributed by atoms with E-state index in [0.717, 1.165) is 24.6 Å². The molecular formula is C18H29NO. The Labute approximate surface area is 123 Å². The molecule has 1 aliphatic carbocycles. The number of ether oxygens (including phenoxy) is 1. The van der Waals surface area contributed by atoms with Crippen molar-refractivity contribution < 1.29 is 4.74 Å². The van der Waals surface area contributed by atoms with Crippen molar-refractivity contribution in [1.29, 1.82) is 0 Å². The predicted molar refractivity (Wildman–Crippen MR) is 85.5 cm³/mol. The van der Waals surface area contributed by atoms with Gasteiger partial charge in [-0.1, -0.05) is 38.8 Å². The predicted octanol–water partition coefficient (Wildman–Crippen LogP) is 4.44. The second-order valence-electron chi connectivity index (χ2n) is 6.44. The maximum atomic E-state index is 5.69. The summed E-state index contributed by atoms with van der Waals surface area (Å²) in [4.78, 5) is 0. The third-order valence-electron chi connectivity index (χ3n) is 4.88. The van der Waals surface area contributed by atoms with E-state index in [-0.39, 0.29) is 0 Å². The van der Waals surface area contributed by atoms with Crippen LogP contribution in [0.25, 0.3) is 0 Å². The third-order valence-corrected chi connectivity index (χ3v) is 4.88. The highest BCUT2D eigenvalue weighted by Gasteiger charge is 2.23. The standard InChI is InChI=1S/C18H29NO/c1-13-4-6-15(7-5-13)17-12-16(14(2)10-11-19)8-9-18(17)20-3/h8-9,12-15H,4-7,10-11,19H2,1-3H3. The van der Waals surface area contributed by atoms with Gasteiger partial charge in [-0.25, -0.2) is 0 Å². The Morgan fingerprint density at radius 2 is 1.95 bits per heavy atom. The van der Waals surface area contributed by atoms with E-state index >= 15 is 0 Å². The molecule has 1 aromatic rings. The molecule has 2 N–H and O–H groups in total. The Bertz CT molecular complexity index is 421. The Hall–Kier alpha value is -1.02. The van der Waals surface area contributed by atoms with Crippen LogP contribution in [0.15, 0.2) is 18.2 Å². The minimum Gasteiger partial charge on any atom is -0.496 e. The minimum atomic E-state index is 0.534. The van der Waals surface area contributed by atoms with Gasteiger partial charge in [0.15, 0.2) is 0 Å². The second kappa shape index (κ2) is 7.12. The van der Waals surface area contributed by atoms with Crippen molar-refractivity contribution in [3.8, 4) is 5.75 Å². The van der Waals surface area contributed by atoms with Crippen molar-refractivity contribution in [2.75, 3.05) is 13.7 Å². The molecule has 0 saturated heterocycles. The molecule has 0 aromatic heterocycles. The SMILES string of the molecule is COc1ccc(C(C)CCN)cc1C1CCC(C)CC1. The first kappa shape index (κ1) is 15.4. The van der Waals surface area contributed by atoms with Crippen LogP contribution in [-0.4, -0.2) is 13.7 Å². The van der Waals surface area contributed by atoms with Crippen LogP contribution in [0.5, 0.6) is 5.75 Å². The van der Waals surface area contributed by atoms with Gasteiger partial charge >= 0.3 is 0 Å². The van der Waals surface area contributed by atoms with Gasteiger partial charge in [0.2, 0.25) is 0 Å². The first-order valence-electron chi connectivity index (χ1n) is 8.03. The molecule has 1 aromatic carbocycles. The summed E-state index contributed by atoms with van der Waals surface area (Å²) in [5, 5.41) is 0. The van der Waals surface area contributed by atoms with Gasteiger partial charge in [0.05, 0.1) is 7.11 Å². The lowest BCUT2D eigenvalue weighted by Gasteiger charge is -2.28. The fourth-order valence-electron chi connectivity index (χ4n) is 3.37. The van der Waals surface area contributed by atoms with Crippen molar-refractivity contribution in [1.82, 2.24) is 0 Å². The van der Waals surface area contributed by atoms with Crippen LogP contribution in [0.3, 0.4) is 0 Å². The number of hydrogen-bond donors (Lipinski definition) is 1. The molecule has 1 saturated carbocycles. The Morgan fingerprint density at radius 3 is 2.55 bits per heavy atom. The van der Waals surface area contributed by atoms with Crippen molar-refractivity contribution >= 4 is 0 Å². The fourth-order valence-corrected chi connectivity index (χ4v) is 3.37. The zero-order chi connectivity index (χ0) is 14.5. The van der Waals surface area contributed by atoms with E-state index in [1.807, 2.05) is 0 Å². The molecule has 1 aliphatic rings. The number of nitrogens with two attached hydrogens (primary N) is 1. The van der Waals surface area contributed by atoms with Gasteiger partial charge in [-0.2, -0.15) is 0 Å². The molecule has 1 atom stereocenters. The molecule has 20 heavy (non-hydrogen) atoms. The van der Waals surface area contributed by atoms with E-state index in [0.29, 0.717) is 11.8 Å². The molecule has 0 bridgehead atoms. The van der Waals surface area contributed by atoms with Gasteiger partial charge in [0, 0.05) is 0 Å². The monoisotopic (exact) mass is 275 g/mol. The summed E-state index contributed by atoms with van der Waals surface area (Å²) in [6.07, 6.45) is 6.33. The van der Waals surface area contributed by atoms with Crippen molar-refractivity contribution in [3.63, 3.8) is 0 Å². The fraction of sp³-hybridized carbons (Fsp3) is 0.667. The highest BCUT2D eigenvalue weighted by Crippen LogP contribution is 2.40. The Balaban J connectivity index is 2.22. The van der Waals surface area contributed by atoms with Gasteiger partial charge in [-0.3, -0.25) is 0 Å². The molecule has 0 radical (unpaired) electrons. The quantitative estimate of drug-likeness (QED) is 0.862. The smallest absolute Gasteiger partial charge is 0.122 e. The summed E-state index contributed by atoms with van der Waals surface area (Å²) >= 11 is 0. The topological polar surface area (TPSA) is 35.2 Å². The van der Waals surface area contributed by atoms with Crippen molar-refractivity contribution in [3.05, 3.63) is 29.3 Å². The molecule has 2 rings (SSSR count). The van der Waals surface area contributed by atoms with Crippen LogP contribution in [0, 0.1) is 5.92 Å². The zero-order valence-corrected chi connectivity index (χ0v) is 13.2. The van der Waals surface area contributed by atoms with E-state index in [1.54, 1.807) is 7.11 Å². The van der Waals surface area contributed by atoms with Gasteiger partial charge in [-0.05, 0) is 60.8 Å². The normalized spacial score (nSPS) is 24.4. The van der Waals surface area contributed by atoms with E-state index in [4.69, 9.17) is 10.5 Å². The number of hydrogen-bond acceptors (Lipinski definition) is 2. The molecule has 1 fully saturated rings. The van der Waals surface area contributed by atoms with Crippen LogP contribution in [0.4, 0.5) is 0 Å². The molecule has 1 unspecified atom stereocenters. The van der Waals surface area contributed by atoms with Crippen LogP contribution in [0.2, 0.25) is 0 Å².